The van der Waals surface area contributed by atoms with Gasteiger partial charge in [-0.1, -0.05) is 18.2 Å². The van der Waals surface area contributed by atoms with Gasteiger partial charge in [-0.15, -0.1) is 0 Å². The van der Waals surface area contributed by atoms with Crippen molar-refractivity contribution in [3.63, 3.8) is 0 Å². The van der Waals surface area contributed by atoms with Crippen molar-refractivity contribution in [1.82, 2.24) is 4.98 Å². The number of anilines is 1. The predicted octanol–water partition coefficient (Wildman–Crippen LogP) is 2.25. The van der Waals surface area contributed by atoms with Crippen molar-refractivity contribution in [2.45, 2.75) is 70.9 Å². The molecule has 1 aromatic carbocycles. The van der Waals surface area contributed by atoms with Crippen molar-refractivity contribution < 1.29 is 38.1 Å². The number of hydrogen-bond donors (Lipinski definition) is 1. The molecular formula is C25H28N2O8. The molecule has 2 aromatic rings. The van der Waals surface area contributed by atoms with E-state index >= 15 is 0 Å². The Morgan fingerprint density at radius 2 is 1.57 bits per heavy atom. The standard InChI is InChI=1S/C25H28N2O8/c1-13(28)33-20-12-32-24(23(35-15(3)30)22(20)34-14(2)29)25(31)27-21-16-8-4-6-10-18(16)26-19-11-7-5-9-17(19)21/h4,6,8,10,20,22-24H,5,7,9,11-12H2,1-3H3,(H,26,27,31). The minimum absolute atomic E-state index is 0.220. The Kier molecular flexibility index (Phi) is 7.30. The lowest BCUT2D eigenvalue weighted by molar-refractivity contribution is -0.223. The number of pyridine rings is 1. The smallest absolute Gasteiger partial charge is 0.303 e. The summed E-state index contributed by atoms with van der Waals surface area (Å²) in [4.78, 5) is 53.6. The highest BCUT2D eigenvalue weighted by Gasteiger charge is 2.49. The number of nitrogens with zero attached hydrogens (tertiary/aromatic N) is 1. The van der Waals surface area contributed by atoms with Gasteiger partial charge in [0.05, 0.1) is 17.8 Å². The average molecular weight is 485 g/mol. The third-order valence-electron chi connectivity index (χ3n) is 6.03. The molecule has 35 heavy (non-hydrogen) atoms. The molecule has 0 spiro atoms. The zero-order chi connectivity index (χ0) is 25.1. The molecule has 1 N–H and O–H groups in total. The Morgan fingerprint density at radius 3 is 2.29 bits per heavy atom. The third kappa shape index (κ3) is 5.43. The molecule has 10 heteroatoms. The normalized spacial score (nSPS) is 23.6. The van der Waals surface area contributed by atoms with Crippen molar-refractivity contribution in [2.75, 3.05) is 11.9 Å². The molecule has 2 heterocycles. The number of hydrogen-bond acceptors (Lipinski definition) is 9. The minimum Gasteiger partial charge on any atom is -0.456 e. The van der Waals surface area contributed by atoms with Crippen LogP contribution in [0.5, 0.6) is 0 Å². The van der Waals surface area contributed by atoms with E-state index in [9.17, 15) is 19.2 Å². The average Bonchev–Trinajstić information content (AvgIpc) is 2.80. The molecule has 186 valence electrons. The van der Waals surface area contributed by atoms with E-state index in [1.54, 1.807) is 0 Å². The molecule has 4 unspecified atom stereocenters. The number of carbonyl (C=O) groups is 4. The van der Waals surface area contributed by atoms with Crippen LogP contribution in [0.2, 0.25) is 0 Å². The van der Waals surface area contributed by atoms with Gasteiger partial charge in [0.1, 0.15) is 0 Å². The second-order valence-corrected chi connectivity index (χ2v) is 8.68. The first kappa shape index (κ1) is 24.6. The van der Waals surface area contributed by atoms with E-state index in [0.29, 0.717) is 5.69 Å². The summed E-state index contributed by atoms with van der Waals surface area (Å²) in [5.74, 6) is -2.59. The number of nitrogens with one attached hydrogen (secondary N) is 1. The first-order valence-corrected chi connectivity index (χ1v) is 11.6. The van der Waals surface area contributed by atoms with E-state index in [0.717, 1.165) is 47.8 Å². The second kappa shape index (κ2) is 10.4. The fraction of sp³-hybridized carbons (Fsp3) is 0.480. The van der Waals surface area contributed by atoms with Crippen LogP contribution >= 0.6 is 0 Å². The molecule has 4 rings (SSSR count). The lowest BCUT2D eigenvalue weighted by Gasteiger charge is -2.39. The summed E-state index contributed by atoms with van der Waals surface area (Å²) in [6.45, 7) is 3.32. The molecule has 1 aromatic heterocycles. The molecular weight excluding hydrogens is 456 g/mol. The van der Waals surface area contributed by atoms with Crippen LogP contribution in [-0.2, 0) is 51.0 Å². The van der Waals surface area contributed by atoms with Crippen LogP contribution in [0.4, 0.5) is 5.69 Å². The van der Waals surface area contributed by atoms with Gasteiger partial charge in [-0.2, -0.15) is 0 Å². The molecule has 10 nitrogen and oxygen atoms in total. The summed E-state index contributed by atoms with van der Waals surface area (Å²) in [7, 11) is 0. The molecule has 1 amide bonds. The molecule has 1 saturated heterocycles. The summed E-state index contributed by atoms with van der Waals surface area (Å²) in [6.07, 6.45) is -1.30. The fourth-order valence-corrected chi connectivity index (χ4v) is 4.68. The molecule has 1 fully saturated rings. The number of rotatable bonds is 5. The van der Waals surface area contributed by atoms with E-state index in [4.69, 9.17) is 23.9 Å². The first-order valence-electron chi connectivity index (χ1n) is 11.6. The van der Waals surface area contributed by atoms with Gasteiger partial charge in [0, 0.05) is 31.9 Å². The van der Waals surface area contributed by atoms with E-state index < -0.39 is 48.2 Å². The number of benzene rings is 1. The number of amides is 1. The predicted molar refractivity (Wildman–Crippen MR) is 123 cm³/mol. The minimum atomic E-state index is -1.32. The Balaban J connectivity index is 1.69. The van der Waals surface area contributed by atoms with Gasteiger partial charge >= 0.3 is 17.9 Å². The van der Waals surface area contributed by atoms with Gasteiger partial charge < -0.3 is 24.3 Å². The number of ether oxygens (including phenoxy) is 4. The summed E-state index contributed by atoms with van der Waals surface area (Å²) in [6, 6.07) is 7.53. The summed E-state index contributed by atoms with van der Waals surface area (Å²) in [5, 5.41) is 3.76. The molecule has 1 aliphatic heterocycles. The van der Waals surface area contributed by atoms with Crippen LogP contribution in [0.25, 0.3) is 10.9 Å². The van der Waals surface area contributed by atoms with Gasteiger partial charge in [0.25, 0.3) is 5.91 Å². The van der Waals surface area contributed by atoms with Crippen molar-refractivity contribution >= 4 is 40.4 Å². The molecule has 4 atom stereocenters. The first-order chi connectivity index (χ1) is 16.7. The monoisotopic (exact) mass is 484 g/mol. The number of aromatic nitrogens is 1. The fourth-order valence-electron chi connectivity index (χ4n) is 4.68. The second-order valence-electron chi connectivity index (χ2n) is 8.68. The summed E-state index contributed by atoms with van der Waals surface area (Å²) < 4.78 is 21.7. The number of fused-ring (bicyclic) bond motifs is 2. The highest BCUT2D eigenvalue weighted by atomic mass is 16.6. The lowest BCUT2D eigenvalue weighted by atomic mass is 9.92. The Bertz CT molecular complexity index is 1160. The van der Waals surface area contributed by atoms with Crippen LogP contribution in [0, 0.1) is 0 Å². The SMILES string of the molecule is CC(=O)OC1COC(C(=O)Nc2c3c(nc4ccccc24)CCCC3)C(OC(C)=O)C1OC(C)=O. The summed E-state index contributed by atoms with van der Waals surface area (Å²) in [5.41, 5.74) is 3.32. The maximum atomic E-state index is 13.6. The largest absolute Gasteiger partial charge is 0.456 e. The Morgan fingerprint density at radius 1 is 0.914 bits per heavy atom. The zero-order valence-corrected chi connectivity index (χ0v) is 19.9. The van der Waals surface area contributed by atoms with Crippen molar-refractivity contribution in [1.29, 1.82) is 0 Å². The van der Waals surface area contributed by atoms with Gasteiger partial charge in [0.15, 0.2) is 24.4 Å². The quantitative estimate of drug-likeness (QED) is 0.501. The highest BCUT2D eigenvalue weighted by molar-refractivity contribution is 6.04. The van der Waals surface area contributed by atoms with Gasteiger partial charge in [-0.25, -0.2) is 0 Å². The van der Waals surface area contributed by atoms with Crippen molar-refractivity contribution in [3.8, 4) is 0 Å². The van der Waals surface area contributed by atoms with Crippen LogP contribution in [0.15, 0.2) is 24.3 Å². The molecule has 0 saturated carbocycles. The topological polar surface area (TPSA) is 130 Å². The third-order valence-corrected chi connectivity index (χ3v) is 6.03. The number of esters is 3. The summed E-state index contributed by atoms with van der Waals surface area (Å²) >= 11 is 0. The van der Waals surface area contributed by atoms with Gasteiger partial charge in [-0.05, 0) is 37.3 Å². The van der Waals surface area contributed by atoms with Crippen LogP contribution in [-0.4, -0.2) is 59.8 Å². The van der Waals surface area contributed by atoms with Crippen LogP contribution < -0.4 is 5.32 Å². The maximum absolute atomic E-state index is 13.6. The number of aryl methyl sites for hydroxylation is 1. The van der Waals surface area contributed by atoms with Crippen molar-refractivity contribution in [2.24, 2.45) is 0 Å². The molecule has 0 bridgehead atoms. The van der Waals surface area contributed by atoms with Gasteiger partial charge in [0.2, 0.25) is 0 Å². The highest BCUT2D eigenvalue weighted by Crippen LogP contribution is 2.34. The van der Waals surface area contributed by atoms with E-state index in [-0.39, 0.29) is 6.61 Å². The molecule has 0 radical (unpaired) electrons. The van der Waals surface area contributed by atoms with E-state index in [2.05, 4.69) is 5.32 Å². The number of para-hydroxylation sites is 1. The van der Waals surface area contributed by atoms with Crippen LogP contribution in [0.1, 0.15) is 44.9 Å². The maximum Gasteiger partial charge on any atom is 0.303 e. The Labute approximate surface area is 202 Å². The van der Waals surface area contributed by atoms with E-state index in [1.165, 1.54) is 20.8 Å². The zero-order valence-electron chi connectivity index (χ0n) is 19.9. The number of carbonyl (C=O) groups excluding carboxylic acids is 4. The molecule has 2 aliphatic rings. The molecule has 1 aliphatic carbocycles. The van der Waals surface area contributed by atoms with E-state index in [1.807, 2.05) is 24.3 Å². The lowest BCUT2D eigenvalue weighted by Crippen LogP contribution is -2.60. The Hall–Kier alpha value is -3.53. The van der Waals surface area contributed by atoms with Crippen molar-refractivity contribution in [3.05, 3.63) is 35.5 Å². The van der Waals surface area contributed by atoms with Crippen LogP contribution in [0.3, 0.4) is 0 Å². The van der Waals surface area contributed by atoms with Gasteiger partial charge in [-0.3, -0.25) is 24.2 Å².